The van der Waals surface area contributed by atoms with E-state index in [1.165, 1.54) is 24.3 Å². The number of carbonyl (C=O) groups is 1. The average molecular weight is 496 g/mol. The van der Waals surface area contributed by atoms with Gasteiger partial charge in [0, 0.05) is 22.8 Å². The molecule has 0 spiro atoms. The van der Waals surface area contributed by atoms with E-state index in [-0.39, 0.29) is 35.0 Å². The fourth-order valence-electron chi connectivity index (χ4n) is 3.68. The number of aromatic hydroxyl groups is 3. The Morgan fingerprint density at radius 1 is 0.914 bits per heavy atom. The molecular formula is C23H28O12. The first kappa shape index (κ1) is 26.5. The van der Waals surface area contributed by atoms with Gasteiger partial charge in [-0.25, -0.2) is 0 Å². The summed E-state index contributed by atoms with van der Waals surface area (Å²) < 4.78 is 15.7. The van der Waals surface area contributed by atoms with Gasteiger partial charge < -0.3 is 55.1 Å². The number of carbonyl (C=O) groups excluding carboxylic acids is 1. The molecule has 1 fully saturated rings. The fourth-order valence-corrected chi connectivity index (χ4v) is 3.68. The number of benzene rings is 2. The molecular weight excluding hydrogens is 468 g/mol. The summed E-state index contributed by atoms with van der Waals surface area (Å²) in [5.74, 6) is -0.127. The van der Waals surface area contributed by atoms with Gasteiger partial charge in [-0.2, -0.15) is 0 Å². The molecule has 12 heteroatoms. The number of rotatable bonds is 2. The molecule has 0 radical (unpaired) electrons. The van der Waals surface area contributed by atoms with Gasteiger partial charge in [0.1, 0.15) is 59.3 Å². The molecule has 0 unspecified atom stereocenters. The lowest BCUT2D eigenvalue weighted by Gasteiger charge is -2.37. The highest BCUT2D eigenvalue weighted by molar-refractivity contribution is 5.76. The molecule has 12 nitrogen and oxygen atoms in total. The monoisotopic (exact) mass is 496 g/mol. The number of phenolic OH excluding ortho intramolecular Hbond substituents is 3. The average Bonchev–Trinajstić information content (AvgIpc) is 2.82. The van der Waals surface area contributed by atoms with E-state index in [1.807, 2.05) is 0 Å². The molecule has 1 saturated heterocycles. The van der Waals surface area contributed by atoms with Crippen LogP contribution in [0, 0.1) is 13.8 Å². The minimum absolute atomic E-state index is 0.0471. The van der Waals surface area contributed by atoms with Gasteiger partial charge in [0.2, 0.25) is 0 Å². The Hall–Kier alpha value is -3.13. The van der Waals surface area contributed by atoms with Crippen molar-refractivity contribution in [3.63, 3.8) is 0 Å². The van der Waals surface area contributed by atoms with Crippen LogP contribution in [0.25, 0.3) is 0 Å². The third-order valence-electron chi connectivity index (χ3n) is 5.77. The van der Waals surface area contributed by atoms with Crippen molar-refractivity contribution in [2.75, 3.05) is 6.61 Å². The first-order valence-electron chi connectivity index (χ1n) is 10.7. The Kier molecular flexibility index (Phi) is 8.05. The third-order valence-corrected chi connectivity index (χ3v) is 5.77. The Morgan fingerprint density at radius 3 is 2.26 bits per heavy atom. The van der Waals surface area contributed by atoms with Crippen LogP contribution in [0.1, 0.15) is 29.2 Å². The number of phenols is 3. The number of aliphatic hydroxyl groups is 5. The fraction of sp³-hybridized carbons (Fsp3) is 0.435. The number of ether oxygens (including phenoxy) is 3. The maximum absolute atomic E-state index is 12.1. The van der Waals surface area contributed by atoms with Crippen LogP contribution in [0.2, 0.25) is 0 Å². The highest BCUT2D eigenvalue weighted by Crippen LogP contribution is 2.43. The second kappa shape index (κ2) is 10.6. The van der Waals surface area contributed by atoms with Gasteiger partial charge in [0.25, 0.3) is 0 Å². The molecule has 2 aliphatic rings. The van der Waals surface area contributed by atoms with Crippen LogP contribution in [-0.2, 0) is 9.53 Å². The van der Waals surface area contributed by atoms with Crippen molar-refractivity contribution in [2.45, 2.75) is 57.1 Å². The van der Waals surface area contributed by atoms with Crippen molar-refractivity contribution in [1.82, 2.24) is 0 Å². The Morgan fingerprint density at radius 2 is 1.60 bits per heavy atom. The van der Waals surface area contributed by atoms with Crippen molar-refractivity contribution < 1.29 is 59.9 Å². The highest BCUT2D eigenvalue weighted by Gasteiger charge is 2.42. The quantitative estimate of drug-likeness (QED) is 0.152. The molecule has 35 heavy (non-hydrogen) atoms. The number of aliphatic hydroxyl groups excluding tert-OH is 5. The first-order valence-corrected chi connectivity index (χ1v) is 10.7. The third kappa shape index (κ3) is 5.59. The van der Waals surface area contributed by atoms with Gasteiger partial charge in [-0.1, -0.05) is 0 Å². The van der Waals surface area contributed by atoms with Crippen LogP contribution >= 0.6 is 0 Å². The molecule has 2 aliphatic heterocycles. The number of hydrogen-bond acceptors (Lipinski definition) is 12. The van der Waals surface area contributed by atoms with E-state index >= 15 is 0 Å². The van der Waals surface area contributed by atoms with Crippen molar-refractivity contribution in [3.05, 3.63) is 41.0 Å². The van der Waals surface area contributed by atoms with Gasteiger partial charge in [0.15, 0.2) is 6.29 Å². The number of esters is 1. The second-order valence-corrected chi connectivity index (χ2v) is 8.22. The van der Waals surface area contributed by atoms with Crippen LogP contribution in [0.5, 0.6) is 28.7 Å². The van der Waals surface area contributed by atoms with Gasteiger partial charge in [-0.15, -0.1) is 0 Å². The summed E-state index contributed by atoms with van der Waals surface area (Å²) in [5, 5.41) is 74.2. The van der Waals surface area contributed by atoms with Crippen LogP contribution in [-0.4, -0.2) is 84.1 Å². The van der Waals surface area contributed by atoms with E-state index < -0.39 is 49.4 Å². The topological polar surface area (TPSA) is 207 Å². The number of hydrogen-bond donors (Lipinski definition) is 8. The molecule has 2 aromatic rings. The predicted molar refractivity (Wildman–Crippen MR) is 117 cm³/mol. The zero-order valence-electron chi connectivity index (χ0n) is 18.9. The summed E-state index contributed by atoms with van der Waals surface area (Å²) in [7, 11) is 0. The first-order chi connectivity index (χ1) is 16.4. The van der Waals surface area contributed by atoms with Crippen molar-refractivity contribution in [1.29, 1.82) is 0 Å². The molecule has 0 amide bonds. The summed E-state index contributed by atoms with van der Waals surface area (Å²) in [6.07, 6.45) is -8.02. The molecule has 8 N–H and O–H groups in total. The van der Waals surface area contributed by atoms with E-state index in [0.717, 1.165) is 0 Å². The Bertz CT molecular complexity index is 1070. The van der Waals surface area contributed by atoms with Crippen molar-refractivity contribution >= 4 is 5.97 Å². The lowest BCUT2D eigenvalue weighted by Crippen LogP contribution is -2.58. The Labute approximate surface area is 199 Å². The van der Waals surface area contributed by atoms with E-state index in [0.29, 0.717) is 16.9 Å². The molecule has 192 valence electrons. The van der Waals surface area contributed by atoms with E-state index in [4.69, 9.17) is 35.0 Å². The lowest BCUT2D eigenvalue weighted by atomic mass is 10.00. The largest absolute Gasteiger partial charge is 0.508 e. The summed E-state index contributed by atoms with van der Waals surface area (Å²) in [5.41, 5.74) is 1.31. The molecule has 2 aromatic carbocycles. The normalized spacial score (nSPS) is 28.0. The standard InChI is InChI=1S/C17H16O6.C6H12O6/c1-8-13(20)6-14-9(2)17(8)23-16(21)7-15(22-14)11-5-10(18)3-4-12(11)19;7-1-2-3(8)4(9)5(10)6(11)12-2/h3-6,15,18-20H,7H2,1-2H3;2-11H,1H2/t15-;2-,3-,4+,5-,6-/m01/s1. The smallest absolute Gasteiger partial charge is 0.315 e. The van der Waals surface area contributed by atoms with Crippen LogP contribution in [0.3, 0.4) is 0 Å². The minimum Gasteiger partial charge on any atom is -0.508 e. The summed E-state index contributed by atoms with van der Waals surface area (Å²) >= 11 is 0. The number of fused-ring (bicyclic) bond motifs is 2. The molecule has 0 aromatic heterocycles. The predicted octanol–water partition coefficient (Wildman–Crippen LogP) is -0.372. The zero-order chi connectivity index (χ0) is 26.0. The van der Waals surface area contributed by atoms with E-state index in [9.17, 15) is 20.1 Å². The van der Waals surface area contributed by atoms with Gasteiger partial charge in [-0.05, 0) is 32.0 Å². The zero-order valence-corrected chi connectivity index (χ0v) is 18.9. The summed E-state index contributed by atoms with van der Waals surface area (Å²) in [4.78, 5) is 12.1. The minimum atomic E-state index is -1.57. The molecule has 0 saturated carbocycles. The highest BCUT2D eigenvalue weighted by atomic mass is 16.6. The SMILES string of the molecule is Cc1c(O)cc2c(C)c1OC(=O)C[C@@H](c1cc(O)ccc1O)O2.OC[C@H]1O[C@@H](O)[C@H](O)[C@@H](O)[C@@H]1O. The van der Waals surface area contributed by atoms with Crippen LogP contribution in [0.4, 0.5) is 0 Å². The molecule has 4 rings (SSSR count). The van der Waals surface area contributed by atoms with E-state index in [1.54, 1.807) is 13.8 Å². The summed E-state index contributed by atoms with van der Waals surface area (Å²) in [6, 6.07) is 5.43. The molecule has 2 bridgehead atoms. The second-order valence-electron chi connectivity index (χ2n) is 8.22. The van der Waals surface area contributed by atoms with Gasteiger partial charge >= 0.3 is 5.97 Å². The van der Waals surface area contributed by atoms with Gasteiger partial charge in [-0.3, -0.25) is 4.79 Å². The Balaban J connectivity index is 0.000000241. The lowest BCUT2D eigenvalue weighted by molar-refractivity contribution is -0.286. The van der Waals surface area contributed by atoms with Crippen LogP contribution < -0.4 is 9.47 Å². The van der Waals surface area contributed by atoms with Crippen molar-refractivity contribution in [2.24, 2.45) is 0 Å². The van der Waals surface area contributed by atoms with Crippen molar-refractivity contribution in [3.8, 4) is 28.7 Å². The maximum Gasteiger partial charge on any atom is 0.315 e. The molecule has 2 heterocycles. The summed E-state index contributed by atoms with van der Waals surface area (Å²) in [6.45, 7) is 2.84. The van der Waals surface area contributed by atoms with Gasteiger partial charge in [0.05, 0.1) is 13.0 Å². The molecule has 0 aliphatic carbocycles. The molecule has 6 atom stereocenters. The van der Waals surface area contributed by atoms with E-state index in [2.05, 4.69) is 4.74 Å². The van der Waals surface area contributed by atoms with Crippen LogP contribution in [0.15, 0.2) is 24.3 Å². The maximum atomic E-state index is 12.1.